The van der Waals surface area contributed by atoms with E-state index in [1.54, 1.807) is 29.4 Å². The number of likely N-dealkylation sites (tertiary alicyclic amines) is 1. The Morgan fingerprint density at radius 3 is 2.43 bits per heavy atom. The average molecular weight is 377 g/mol. The van der Waals surface area contributed by atoms with Gasteiger partial charge in [-0.1, -0.05) is 17.7 Å². The van der Waals surface area contributed by atoms with E-state index in [1.807, 2.05) is 43.1 Å². The Labute approximate surface area is 164 Å². The van der Waals surface area contributed by atoms with E-state index in [0.29, 0.717) is 24.8 Å². The molecule has 1 fully saturated rings. The van der Waals surface area contributed by atoms with Crippen molar-refractivity contribution in [2.45, 2.75) is 25.7 Å². The van der Waals surface area contributed by atoms with E-state index in [0.717, 1.165) is 24.3 Å². The summed E-state index contributed by atoms with van der Waals surface area (Å²) >= 11 is 0. The lowest BCUT2D eigenvalue weighted by Crippen LogP contribution is -2.39. The standard InChI is InChI=1S/C21H23N5O2/c1-15-3-5-17(6-4-15)28-20-18(22-9-10-24-20)16-7-12-26(13-8-16)21(27)19-23-11-14-25(19)2/h3-6,9-11,14,16H,7-8,12-13H2,1-2H3. The molecule has 1 aliphatic rings. The van der Waals surface area contributed by atoms with Crippen LogP contribution in [0.5, 0.6) is 11.6 Å². The number of imidazole rings is 1. The molecule has 28 heavy (non-hydrogen) atoms. The largest absolute Gasteiger partial charge is 0.437 e. The number of benzene rings is 1. The molecule has 0 unspecified atom stereocenters. The molecule has 7 nitrogen and oxygen atoms in total. The summed E-state index contributed by atoms with van der Waals surface area (Å²) in [6, 6.07) is 7.88. The van der Waals surface area contributed by atoms with Gasteiger partial charge in [-0.25, -0.2) is 9.97 Å². The molecule has 7 heteroatoms. The van der Waals surface area contributed by atoms with Crippen molar-refractivity contribution in [3.63, 3.8) is 0 Å². The summed E-state index contributed by atoms with van der Waals surface area (Å²) in [6.45, 7) is 3.37. The van der Waals surface area contributed by atoms with Crippen LogP contribution in [0.2, 0.25) is 0 Å². The molecule has 0 atom stereocenters. The number of carbonyl (C=O) groups is 1. The van der Waals surface area contributed by atoms with Crippen LogP contribution in [0.1, 0.15) is 40.6 Å². The first-order valence-corrected chi connectivity index (χ1v) is 9.44. The van der Waals surface area contributed by atoms with Crippen molar-refractivity contribution < 1.29 is 9.53 Å². The fourth-order valence-electron chi connectivity index (χ4n) is 3.48. The van der Waals surface area contributed by atoms with Crippen molar-refractivity contribution in [1.29, 1.82) is 0 Å². The van der Waals surface area contributed by atoms with Crippen molar-refractivity contribution >= 4 is 5.91 Å². The molecule has 0 spiro atoms. The Hall–Kier alpha value is -3.22. The third kappa shape index (κ3) is 3.74. The number of aromatic nitrogens is 4. The van der Waals surface area contributed by atoms with Crippen LogP contribution in [0.4, 0.5) is 0 Å². The molecular formula is C21H23N5O2. The molecule has 3 aromatic rings. The second kappa shape index (κ2) is 7.80. The predicted molar refractivity (Wildman–Crippen MR) is 104 cm³/mol. The zero-order chi connectivity index (χ0) is 19.5. The Balaban J connectivity index is 1.45. The van der Waals surface area contributed by atoms with Gasteiger partial charge in [0.2, 0.25) is 5.88 Å². The van der Waals surface area contributed by atoms with Gasteiger partial charge in [-0.2, -0.15) is 0 Å². The second-order valence-corrected chi connectivity index (χ2v) is 7.09. The molecular weight excluding hydrogens is 354 g/mol. The van der Waals surface area contributed by atoms with Crippen LogP contribution in [-0.4, -0.2) is 43.4 Å². The fourth-order valence-corrected chi connectivity index (χ4v) is 3.48. The van der Waals surface area contributed by atoms with Crippen LogP contribution in [0.15, 0.2) is 49.1 Å². The van der Waals surface area contributed by atoms with E-state index < -0.39 is 0 Å². The van der Waals surface area contributed by atoms with Gasteiger partial charge < -0.3 is 14.2 Å². The number of carbonyl (C=O) groups excluding carboxylic acids is 1. The Morgan fingerprint density at radius 2 is 1.75 bits per heavy atom. The minimum atomic E-state index is -0.0266. The maximum Gasteiger partial charge on any atom is 0.289 e. The van der Waals surface area contributed by atoms with Crippen molar-refractivity contribution in [3.05, 3.63) is 66.1 Å². The Kier molecular flexibility index (Phi) is 5.06. The van der Waals surface area contributed by atoms with E-state index >= 15 is 0 Å². The number of hydrogen-bond donors (Lipinski definition) is 0. The quantitative estimate of drug-likeness (QED) is 0.697. The topological polar surface area (TPSA) is 73.1 Å². The van der Waals surface area contributed by atoms with E-state index in [9.17, 15) is 4.79 Å². The van der Waals surface area contributed by atoms with Gasteiger partial charge in [0.15, 0.2) is 5.82 Å². The van der Waals surface area contributed by atoms with Crippen LogP contribution >= 0.6 is 0 Å². The van der Waals surface area contributed by atoms with E-state index in [4.69, 9.17) is 4.74 Å². The van der Waals surface area contributed by atoms with Crippen LogP contribution in [-0.2, 0) is 7.05 Å². The molecule has 0 radical (unpaired) electrons. The highest BCUT2D eigenvalue weighted by atomic mass is 16.5. The normalized spacial score (nSPS) is 14.9. The van der Waals surface area contributed by atoms with Crippen LogP contribution in [0, 0.1) is 6.92 Å². The van der Waals surface area contributed by atoms with Gasteiger partial charge in [-0.05, 0) is 31.9 Å². The van der Waals surface area contributed by atoms with Crippen LogP contribution in [0.3, 0.4) is 0 Å². The first kappa shape index (κ1) is 18.2. The maximum absolute atomic E-state index is 12.7. The molecule has 1 saturated heterocycles. The molecule has 1 aromatic carbocycles. The summed E-state index contributed by atoms with van der Waals surface area (Å²) in [5.74, 6) is 1.94. The monoisotopic (exact) mass is 377 g/mol. The molecule has 0 N–H and O–H groups in total. The van der Waals surface area contributed by atoms with E-state index in [1.165, 1.54) is 5.56 Å². The van der Waals surface area contributed by atoms with E-state index in [2.05, 4.69) is 15.0 Å². The fraction of sp³-hybridized carbons (Fsp3) is 0.333. The minimum absolute atomic E-state index is 0.0266. The highest BCUT2D eigenvalue weighted by Gasteiger charge is 2.29. The number of hydrogen-bond acceptors (Lipinski definition) is 5. The third-order valence-electron chi connectivity index (χ3n) is 5.11. The molecule has 0 bridgehead atoms. The summed E-state index contributed by atoms with van der Waals surface area (Å²) in [5.41, 5.74) is 2.03. The number of piperidine rings is 1. The number of ether oxygens (including phenoxy) is 1. The predicted octanol–water partition coefficient (Wildman–Crippen LogP) is 3.33. The van der Waals surface area contributed by atoms with Gasteiger partial charge in [0, 0.05) is 50.8 Å². The van der Waals surface area contributed by atoms with Crippen LogP contribution < -0.4 is 4.74 Å². The highest BCUT2D eigenvalue weighted by molar-refractivity contribution is 5.90. The molecule has 2 aromatic heterocycles. The molecule has 0 saturated carbocycles. The second-order valence-electron chi connectivity index (χ2n) is 7.09. The Bertz CT molecular complexity index is 959. The molecule has 4 rings (SSSR count). The van der Waals surface area contributed by atoms with Gasteiger partial charge in [-0.3, -0.25) is 9.78 Å². The summed E-state index contributed by atoms with van der Waals surface area (Å²) in [7, 11) is 1.83. The Morgan fingerprint density at radius 1 is 1.04 bits per heavy atom. The molecule has 144 valence electrons. The van der Waals surface area contributed by atoms with Gasteiger partial charge in [0.25, 0.3) is 5.91 Å². The van der Waals surface area contributed by atoms with Crippen molar-refractivity contribution in [2.24, 2.45) is 7.05 Å². The molecule has 1 amide bonds. The number of aryl methyl sites for hydroxylation is 2. The summed E-state index contributed by atoms with van der Waals surface area (Å²) < 4.78 is 7.75. The summed E-state index contributed by atoms with van der Waals surface area (Å²) in [5, 5.41) is 0. The van der Waals surface area contributed by atoms with Gasteiger partial charge in [-0.15, -0.1) is 0 Å². The molecule has 3 heterocycles. The summed E-state index contributed by atoms with van der Waals surface area (Å²) in [6.07, 6.45) is 8.41. The van der Waals surface area contributed by atoms with Crippen molar-refractivity contribution in [3.8, 4) is 11.6 Å². The first-order valence-electron chi connectivity index (χ1n) is 9.44. The van der Waals surface area contributed by atoms with Gasteiger partial charge in [0.05, 0.1) is 0 Å². The van der Waals surface area contributed by atoms with Crippen molar-refractivity contribution in [2.75, 3.05) is 13.1 Å². The average Bonchev–Trinajstić information content (AvgIpc) is 3.16. The minimum Gasteiger partial charge on any atom is -0.437 e. The van der Waals surface area contributed by atoms with E-state index in [-0.39, 0.29) is 11.8 Å². The molecule has 1 aliphatic heterocycles. The number of nitrogens with zero attached hydrogens (tertiary/aromatic N) is 5. The lowest BCUT2D eigenvalue weighted by molar-refractivity contribution is 0.0695. The van der Waals surface area contributed by atoms with Crippen LogP contribution in [0.25, 0.3) is 0 Å². The number of amides is 1. The zero-order valence-corrected chi connectivity index (χ0v) is 16.1. The zero-order valence-electron chi connectivity index (χ0n) is 16.1. The lowest BCUT2D eigenvalue weighted by atomic mass is 9.93. The SMILES string of the molecule is Cc1ccc(Oc2nccnc2C2CCN(C(=O)c3nccn3C)CC2)cc1. The van der Waals surface area contributed by atoms with Crippen molar-refractivity contribution in [1.82, 2.24) is 24.4 Å². The highest BCUT2D eigenvalue weighted by Crippen LogP contribution is 2.33. The lowest BCUT2D eigenvalue weighted by Gasteiger charge is -2.31. The third-order valence-corrected chi connectivity index (χ3v) is 5.11. The number of rotatable bonds is 4. The summed E-state index contributed by atoms with van der Waals surface area (Å²) in [4.78, 5) is 27.6. The van der Waals surface area contributed by atoms with Gasteiger partial charge in [0.1, 0.15) is 11.4 Å². The maximum atomic E-state index is 12.7. The first-order chi connectivity index (χ1) is 13.6. The smallest absolute Gasteiger partial charge is 0.289 e. The van der Waals surface area contributed by atoms with Gasteiger partial charge >= 0.3 is 0 Å². The molecule has 0 aliphatic carbocycles.